The second kappa shape index (κ2) is 6.53. The van der Waals surface area contributed by atoms with Crippen molar-refractivity contribution in [2.75, 3.05) is 26.3 Å². The highest BCUT2D eigenvalue weighted by molar-refractivity contribution is 4.94. The lowest BCUT2D eigenvalue weighted by atomic mass is 9.92. The summed E-state index contributed by atoms with van der Waals surface area (Å²) in [5.74, 6) is 0. The van der Waals surface area contributed by atoms with Crippen molar-refractivity contribution in [1.82, 2.24) is 10.2 Å². The van der Waals surface area contributed by atoms with Gasteiger partial charge in [0.05, 0.1) is 19.3 Å². The molecular weight excluding hydrogens is 240 g/mol. The van der Waals surface area contributed by atoms with Crippen LogP contribution in [0.15, 0.2) is 0 Å². The molecule has 0 aromatic carbocycles. The van der Waals surface area contributed by atoms with Gasteiger partial charge >= 0.3 is 0 Å². The largest absolute Gasteiger partial charge is 0.394 e. The summed E-state index contributed by atoms with van der Waals surface area (Å²) in [4.78, 5) is 2.62. The number of hydrogen-bond donors (Lipinski definition) is 2. The maximum absolute atomic E-state index is 9.65. The van der Waals surface area contributed by atoms with Gasteiger partial charge in [-0.1, -0.05) is 6.92 Å². The Morgan fingerprint density at radius 1 is 1.47 bits per heavy atom. The lowest BCUT2D eigenvalue weighted by Gasteiger charge is -2.44. The van der Waals surface area contributed by atoms with E-state index in [1.807, 2.05) is 0 Å². The van der Waals surface area contributed by atoms with Gasteiger partial charge < -0.3 is 15.2 Å². The molecule has 1 saturated heterocycles. The minimum atomic E-state index is -0.166. The van der Waals surface area contributed by atoms with Crippen LogP contribution in [-0.2, 0) is 4.74 Å². The van der Waals surface area contributed by atoms with Gasteiger partial charge in [0.2, 0.25) is 0 Å². The first-order chi connectivity index (χ1) is 9.09. The van der Waals surface area contributed by atoms with E-state index < -0.39 is 0 Å². The Hall–Kier alpha value is -0.160. The summed E-state index contributed by atoms with van der Waals surface area (Å²) in [6, 6.07) is 1.10. The van der Waals surface area contributed by atoms with Crippen LogP contribution < -0.4 is 5.32 Å². The van der Waals surface area contributed by atoms with Crippen LogP contribution in [0.25, 0.3) is 0 Å². The van der Waals surface area contributed by atoms with E-state index in [4.69, 9.17) is 4.74 Å². The monoisotopic (exact) mass is 270 g/mol. The smallest absolute Gasteiger partial charge is 0.0731 e. The van der Waals surface area contributed by atoms with Gasteiger partial charge in [0.25, 0.3) is 0 Å². The van der Waals surface area contributed by atoms with Crippen LogP contribution in [0.1, 0.15) is 46.5 Å². The van der Waals surface area contributed by atoms with Crippen LogP contribution in [-0.4, -0.2) is 60.0 Å². The van der Waals surface area contributed by atoms with Gasteiger partial charge in [-0.25, -0.2) is 0 Å². The molecule has 4 atom stereocenters. The van der Waals surface area contributed by atoms with Gasteiger partial charge in [-0.05, 0) is 46.1 Å². The molecular formula is C15H30N2O2. The number of aliphatic hydroxyl groups is 1. The van der Waals surface area contributed by atoms with Gasteiger partial charge in [0.15, 0.2) is 0 Å². The summed E-state index contributed by atoms with van der Waals surface area (Å²) in [6.07, 6.45) is 5.23. The van der Waals surface area contributed by atoms with E-state index in [-0.39, 0.29) is 12.1 Å². The number of fused-ring (bicyclic) bond motifs is 1. The number of nitrogens with zero attached hydrogens (tertiary/aromatic N) is 1. The summed E-state index contributed by atoms with van der Waals surface area (Å²) in [5.41, 5.74) is -0.166. The molecule has 0 aromatic rings. The van der Waals surface area contributed by atoms with Crippen molar-refractivity contribution >= 4 is 0 Å². The Balaban J connectivity index is 1.96. The molecule has 1 heterocycles. The van der Waals surface area contributed by atoms with Crippen molar-refractivity contribution in [2.45, 2.75) is 70.2 Å². The zero-order valence-corrected chi connectivity index (χ0v) is 12.7. The number of aliphatic hydroxyl groups excluding tert-OH is 1. The average Bonchev–Trinajstić information content (AvgIpc) is 2.86. The predicted octanol–water partition coefficient (Wildman–Crippen LogP) is 1.38. The number of morpholine rings is 1. The Morgan fingerprint density at radius 3 is 2.95 bits per heavy atom. The first-order valence-corrected chi connectivity index (χ1v) is 7.83. The highest BCUT2D eigenvalue weighted by Crippen LogP contribution is 2.32. The molecule has 112 valence electrons. The fourth-order valence-electron chi connectivity index (χ4n) is 3.89. The molecule has 0 spiro atoms. The van der Waals surface area contributed by atoms with Gasteiger partial charge in [-0.15, -0.1) is 0 Å². The highest BCUT2D eigenvalue weighted by atomic mass is 16.5. The molecule has 1 aliphatic heterocycles. The predicted molar refractivity (Wildman–Crippen MR) is 77.3 cm³/mol. The maximum Gasteiger partial charge on any atom is 0.0731 e. The summed E-state index contributed by atoms with van der Waals surface area (Å²) in [5, 5.41) is 13.1. The van der Waals surface area contributed by atoms with Crippen molar-refractivity contribution < 1.29 is 9.84 Å². The molecule has 0 bridgehead atoms. The van der Waals surface area contributed by atoms with Gasteiger partial charge in [0, 0.05) is 24.2 Å². The molecule has 2 aliphatic rings. The van der Waals surface area contributed by atoms with Crippen molar-refractivity contribution in [1.29, 1.82) is 0 Å². The molecule has 2 rings (SSSR count). The topological polar surface area (TPSA) is 44.7 Å². The Morgan fingerprint density at radius 2 is 2.26 bits per heavy atom. The number of rotatable bonds is 6. The third-order valence-electron chi connectivity index (χ3n) is 4.79. The minimum absolute atomic E-state index is 0.166. The number of hydrogen-bond acceptors (Lipinski definition) is 4. The van der Waals surface area contributed by atoms with Crippen LogP contribution in [0.4, 0.5) is 0 Å². The number of nitrogens with one attached hydrogen (secondary N) is 1. The van der Waals surface area contributed by atoms with E-state index >= 15 is 0 Å². The molecule has 4 unspecified atom stereocenters. The number of likely N-dealkylation sites (N-methyl/N-ethyl adjacent to an activating group) is 1. The molecule has 2 N–H and O–H groups in total. The fraction of sp³-hybridized carbons (Fsp3) is 1.00. The third kappa shape index (κ3) is 3.48. The molecule has 0 aromatic heterocycles. The van der Waals surface area contributed by atoms with Crippen LogP contribution in [0, 0.1) is 0 Å². The van der Waals surface area contributed by atoms with E-state index in [1.165, 1.54) is 19.3 Å². The molecule has 4 heteroatoms. The second-order valence-electron chi connectivity index (χ2n) is 6.45. The lowest BCUT2D eigenvalue weighted by Crippen LogP contribution is -2.56. The highest BCUT2D eigenvalue weighted by Gasteiger charge is 2.39. The fourth-order valence-corrected chi connectivity index (χ4v) is 3.89. The Bertz CT molecular complexity index is 287. The SMILES string of the molecule is CCNC(C)(CO)CC(C)N1CCOC2CCCC21. The first kappa shape index (κ1) is 15.2. The molecule has 19 heavy (non-hydrogen) atoms. The summed E-state index contributed by atoms with van der Waals surface area (Å²) >= 11 is 0. The molecule has 0 radical (unpaired) electrons. The van der Waals surface area contributed by atoms with Crippen LogP contribution in [0.5, 0.6) is 0 Å². The summed E-state index contributed by atoms with van der Waals surface area (Å²) < 4.78 is 5.88. The van der Waals surface area contributed by atoms with Gasteiger partial charge in [-0.2, -0.15) is 0 Å². The Kier molecular flexibility index (Phi) is 5.23. The summed E-state index contributed by atoms with van der Waals surface area (Å²) in [6.45, 7) is 9.52. The van der Waals surface area contributed by atoms with E-state index in [0.29, 0.717) is 18.2 Å². The van der Waals surface area contributed by atoms with E-state index in [9.17, 15) is 5.11 Å². The van der Waals surface area contributed by atoms with Crippen molar-refractivity contribution in [2.24, 2.45) is 0 Å². The third-order valence-corrected chi connectivity index (χ3v) is 4.79. The van der Waals surface area contributed by atoms with Crippen molar-refractivity contribution in [3.8, 4) is 0 Å². The Labute approximate surface area is 117 Å². The zero-order valence-electron chi connectivity index (χ0n) is 12.7. The second-order valence-corrected chi connectivity index (χ2v) is 6.45. The molecule has 0 amide bonds. The minimum Gasteiger partial charge on any atom is -0.394 e. The van der Waals surface area contributed by atoms with E-state index in [0.717, 1.165) is 26.1 Å². The van der Waals surface area contributed by atoms with Crippen molar-refractivity contribution in [3.05, 3.63) is 0 Å². The van der Waals surface area contributed by atoms with E-state index in [1.54, 1.807) is 0 Å². The van der Waals surface area contributed by atoms with Crippen LogP contribution in [0.3, 0.4) is 0 Å². The number of ether oxygens (including phenoxy) is 1. The van der Waals surface area contributed by atoms with E-state index in [2.05, 4.69) is 31.0 Å². The first-order valence-electron chi connectivity index (χ1n) is 7.83. The standard InChI is InChI=1S/C15H30N2O2/c1-4-16-15(3,11-18)10-12(2)17-8-9-19-14-7-5-6-13(14)17/h12-14,16,18H,4-11H2,1-3H3. The molecule has 1 aliphatic carbocycles. The van der Waals surface area contributed by atoms with Crippen LogP contribution in [0.2, 0.25) is 0 Å². The van der Waals surface area contributed by atoms with Crippen LogP contribution >= 0.6 is 0 Å². The van der Waals surface area contributed by atoms with Gasteiger partial charge in [0.1, 0.15) is 0 Å². The molecule has 4 nitrogen and oxygen atoms in total. The zero-order chi connectivity index (χ0) is 13.9. The van der Waals surface area contributed by atoms with Crippen molar-refractivity contribution in [3.63, 3.8) is 0 Å². The quantitative estimate of drug-likeness (QED) is 0.765. The average molecular weight is 270 g/mol. The lowest BCUT2D eigenvalue weighted by molar-refractivity contribution is -0.0741. The summed E-state index contributed by atoms with van der Waals surface area (Å²) in [7, 11) is 0. The van der Waals surface area contributed by atoms with Gasteiger partial charge in [-0.3, -0.25) is 4.90 Å². The normalized spacial score (nSPS) is 32.8. The maximum atomic E-state index is 9.65. The molecule has 2 fully saturated rings. The molecule has 1 saturated carbocycles.